The molecule has 0 saturated carbocycles. The number of hydrogen-bond acceptors (Lipinski definition) is 5. The van der Waals surface area contributed by atoms with Crippen LogP contribution >= 0.6 is 11.6 Å². The third-order valence-corrected chi connectivity index (χ3v) is 5.90. The molecule has 0 bridgehead atoms. The Kier molecular flexibility index (Phi) is 6.92. The number of nitrogens with one attached hydrogen (secondary N) is 2. The number of carbonyl (C=O) groups is 1. The predicted molar refractivity (Wildman–Crippen MR) is 121 cm³/mol. The van der Waals surface area contributed by atoms with Crippen LogP contribution in [0.2, 0.25) is 5.02 Å². The summed E-state index contributed by atoms with van der Waals surface area (Å²) < 4.78 is 16.4. The standard InChI is InChI=1S/C23H28ClN3O4/c1-29-19-4-2-18(3-5-19)27-10-7-17(8-11-27)26-23(28)25-9-6-16-14-20(24)22-21(15-16)30-12-13-31-22/h2-5,14-15,17H,6-13H2,1H3,(H2,25,26,28). The highest BCUT2D eigenvalue weighted by molar-refractivity contribution is 6.32. The summed E-state index contributed by atoms with van der Waals surface area (Å²) in [4.78, 5) is 14.6. The van der Waals surface area contributed by atoms with Gasteiger partial charge in [-0.2, -0.15) is 0 Å². The summed E-state index contributed by atoms with van der Waals surface area (Å²) in [6.07, 6.45) is 2.49. The van der Waals surface area contributed by atoms with Gasteiger partial charge in [0.05, 0.1) is 12.1 Å². The molecular formula is C23H28ClN3O4. The number of hydrogen-bond donors (Lipinski definition) is 2. The molecule has 0 spiro atoms. The molecule has 2 aromatic carbocycles. The highest BCUT2D eigenvalue weighted by Crippen LogP contribution is 2.38. The van der Waals surface area contributed by atoms with Gasteiger partial charge < -0.3 is 29.7 Å². The Bertz CT molecular complexity index is 898. The Morgan fingerprint density at radius 3 is 2.65 bits per heavy atom. The van der Waals surface area contributed by atoms with Gasteiger partial charge in [0.15, 0.2) is 11.5 Å². The van der Waals surface area contributed by atoms with Gasteiger partial charge in [-0.15, -0.1) is 0 Å². The van der Waals surface area contributed by atoms with Gasteiger partial charge in [0.2, 0.25) is 0 Å². The number of rotatable bonds is 6. The molecule has 4 rings (SSSR count). The maximum absolute atomic E-state index is 12.3. The highest BCUT2D eigenvalue weighted by atomic mass is 35.5. The second-order valence-electron chi connectivity index (χ2n) is 7.71. The van der Waals surface area contributed by atoms with Gasteiger partial charge in [-0.05, 0) is 61.2 Å². The molecule has 0 unspecified atom stereocenters. The highest BCUT2D eigenvalue weighted by Gasteiger charge is 2.21. The fourth-order valence-electron chi connectivity index (χ4n) is 3.94. The smallest absolute Gasteiger partial charge is 0.315 e. The minimum Gasteiger partial charge on any atom is -0.497 e. The molecule has 2 aliphatic rings. The number of anilines is 1. The number of carbonyl (C=O) groups excluding carboxylic acids is 1. The molecule has 2 heterocycles. The maximum Gasteiger partial charge on any atom is 0.315 e. The molecule has 0 radical (unpaired) electrons. The molecule has 0 aromatic heterocycles. The van der Waals surface area contributed by atoms with Crippen molar-refractivity contribution in [2.45, 2.75) is 25.3 Å². The zero-order valence-electron chi connectivity index (χ0n) is 17.7. The first-order chi connectivity index (χ1) is 15.1. The monoisotopic (exact) mass is 445 g/mol. The van der Waals surface area contributed by atoms with Crippen molar-refractivity contribution in [3.63, 3.8) is 0 Å². The van der Waals surface area contributed by atoms with Gasteiger partial charge in [0.25, 0.3) is 0 Å². The van der Waals surface area contributed by atoms with E-state index < -0.39 is 0 Å². The van der Waals surface area contributed by atoms with E-state index in [9.17, 15) is 4.79 Å². The van der Waals surface area contributed by atoms with Gasteiger partial charge in [0.1, 0.15) is 19.0 Å². The molecule has 2 aromatic rings. The second-order valence-corrected chi connectivity index (χ2v) is 8.12. The summed E-state index contributed by atoms with van der Waals surface area (Å²) in [7, 11) is 1.67. The Balaban J connectivity index is 1.19. The van der Waals surface area contributed by atoms with E-state index in [2.05, 4.69) is 27.7 Å². The molecule has 2 amide bonds. The van der Waals surface area contributed by atoms with Crippen LogP contribution in [0.4, 0.5) is 10.5 Å². The fraction of sp³-hybridized carbons (Fsp3) is 0.435. The third kappa shape index (κ3) is 5.47. The van der Waals surface area contributed by atoms with E-state index in [0.717, 1.165) is 37.2 Å². The topological polar surface area (TPSA) is 72.1 Å². The Morgan fingerprint density at radius 1 is 1.16 bits per heavy atom. The fourth-order valence-corrected chi connectivity index (χ4v) is 4.23. The average molecular weight is 446 g/mol. The summed E-state index contributed by atoms with van der Waals surface area (Å²) in [6.45, 7) is 3.37. The predicted octanol–water partition coefficient (Wildman–Crippen LogP) is 3.63. The number of benzene rings is 2. The molecule has 166 valence electrons. The maximum atomic E-state index is 12.3. The van der Waals surface area contributed by atoms with Crippen molar-refractivity contribution in [3.05, 3.63) is 47.0 Å². The SMILES string of the molecule is COc1ccc(N2CCC(NC(=O)NCCc3cc(Cl)c4c(c3)OCCO4)CC2)cc1. The lowest BCUT2D eigenvalue weighted by atomic mass is 10.0. The van der Waals surface area contributed by atoms with Gasteiger partial charge in [0, 0.05) is 31.4 Å². The van der Waals surface area contributed by atoms with Crippen LogP contribution in [0.3, 0.4) is 0 Å². The summed E-state index contributed by atoms with van der Waals surface area (Å²) in [5.41, 5.74) is 2.18. The number of fused-ring (bicyclic) bond motifs is 1. The van der Waals surface area contributed by atoms with E-state index in [0.29, 0.717) is 42.7 Å². The Morgan fingerprint density at radius 2 is 1.90 bits per heavy atom. The van der Waals surface area contributed by atoms with Crippen molar-refractivity contribution < 1.29 is 19.0 Å². The van der Waals surface area contributed by atoms with Crippen molar-refractivity contribution in [2.24, 2.45) is 0 Å². The van der Waals surface area contributed by atoms with Gasteiger partial charge in [-0.3, -0.25) is 0 Å². The Labute approximate surface area is 187 Å². The van der Waals surface area contributed by atoms with Crippen molar-refractivity contribution in [3.8, 4) is 17.2 Å². The van der Waals surface area contributed by atoms with Crippen molar-refractivity contribution in [1.29, 1.82) is 0 Å². The van der Waals surface area contributed by atoms with Crippen molar-refractivity contribution in [2.75, 3.05) is 44.9 Å². The molecule has 1 saturated heterocycles. The molecule has 0 aliphatic carbocycles. The number of urea groups is 1. The molecule has 8 heteroatoms. The van der Waals surface area contributed by atoms with E-state index in [4.69, 9.17) is 25.8 Å². The molecule has 1 fully saturated rings. The van der Waals surface area contributed by atoms with Crippen LogP contribution in [0.5, 0.6) is 17.2 Å². The molecular weight excluding hydrogens is 418 g/mol. The first-order valence-corrected chi connectivity index (χ1v) is 11.0. The van der Waals surface area contributed by atoms with Crippen LogP contribution in [0, 0.1) is 0 Å². The number of nitrogens with zero attached hydrogens (tertiary/aromatic N) is 1. The number of methoxy groups -OCH3 is 1. The van der Waals surface area contributed by atoms with E-state index in [-0.39, 0.29) is 12.1 Å². The molecule has 2 N–H and O–H groups in total. The van der Waals surface area contributed by atoms with Crippen LogP contribution in [-0.4, -0.2) is 52.0 Å². The summed E-state index contributed by atoms with van der Waals surface area (Å²) in [5, 5.41) is 6.57. The molecule has 0 atom stereocenters. The molecule has 31 heavy (non-hydrogen) atoms. The van der Waals surface area contributed by atoms with Crippen molar-refractivity contribution >= 4 is 23.3 Å². The molecule has 2 aliphatic heterocycles. The van der Waals surface area contributed by atoms with Crippen molar-refractivity contribution in [1.82, 2.24) is 10.6 Å². The third-order valence-electron chi connectivity index (χ3n) is 5.62. The van der Waals surface area contributed by atoms with E-state index >= 15 is 0 Å². The number of piperidine rings is 1. The minimum absolute atomic E-state index is 0.133. The van der Waals surface area contributed by atoms with Crippen LogP contribution in [0.25, 0.3) is 0 Å². The molecule has 7 nitrogen and oxygen atoms in total. The van der Waals surface area contributed by atoms with Crippen LogP contribution in [0.15, 0.2) is 36.4 Å². The quantitative estimate of drug-likeness (QED) is 0.710. The van der Waals surface area contributed by atoms with Gasteiger partial charge >= 0.3 is 6.03 Å². The largest absolute Gasteiger partial charge is 0.497 e. The normalized spacial score (nSPS) is 16.0. The second kappa shape index (κ2) is 10.0. The minimum atomic E-state index is -0.133. The average Bonchev–Trinajstić information content (AvgIpc) is 2.80. The first-order valence-electron chi connectivity index (χ1n) is 10.6. The number of ether oxygens (including phenoxy) is 3. The van der Waals surface area contributed by atoms with Gasteiger partial charge in [-0.25, -0.2) is 4.79 Å². The van der Waals surface area contributed by atoms with E-state index in [1.54, 1.807) is 7.11 Å². The Hall–Kier alpha value is -2.80. The van der Waals surface area contributed by atoms with Crippen LogP contribution in [0.1, 0.15) is 18.4 Å². The summed E-state index contributed by atoms with van der Waals surface area (Å²) >= 11 is 6.27. The van der Waals surface area contributed by atoms with E-state index in [1.165, 1.54) is 5.69 Å². The van der Waals surface area contributed by atoms with Crippen LogP contribution < -0.4 is 29.7 Å². The first kappa shape index (κ1) is 21.4. The summed E-state index contributed by atoms with van der Waals surface area (Å²) in [5.74, 6) is 2.13. The van der Waals surface area contributed by atoms with Gasteiger partial charge in [-0.1, -0.05) is 11.6 Å². The lowest BCUT2D eigenvalue weighted by molar-refractivity contribution is 0.171. The number of halogens is 1. The lowest BCUT2D eigenvalue weighted by Crippen LogP contribution is -2.48. The zero-order chi connectivity index (χ0) is 21.6. The zero-order valence-corrected chi connectivity index (χ0v) is 18.4. The lowest BCUT2D eigenvalue weighted by Gasteiger charge is -2.34. The van der Waals surface area contributed by atoms with E-state index in [1.807, 2.05) is 24.3 Å². The van der Waals surface area contributed by atoms with Crippen LogP contribution in [-0.2, 0) is 6.42 Å². The number of amides is 2. The summed E-state index contributed by atoms with van der Waals surface area (Å²) in [6, 6.07) is 11.9.